The number of fused-ring (bicyclic) bond motifs is 3. The maximum absolute atomic E-state index is 10.2. The number of rotatable bonds is 2. The summed E-state index contributed by atoms with van der Waals surface area (Å²) < 4.78 is 1.88. The van der Waals surface area contributed by atoms with Crippen molar-refractivity contribution < 1.29 is 5.11 Å². The third-order valence-electron chi connectivity index (χ3n) is 3.31. The van der Waals surface area contributed by atoms with Crippen LogP contribution in [-0.4, -0.2) is 19.5 Å². The van der Waals surface area contributed by atoms with Crippen molar-refractivity contribution in [2.45, 2.75) is 0 Å². The van der Waals surface area contributed by atoms with E-state index in [9.17, 15) is 5.11 Å². The number of aliphatic hydroxyl groups is 1. The first kappa shape index (κ1) is 14.6. The number of aromatic nitrogens is 3. The van der Waals surface area contributed by atoms with Crippen molar-refractivity contribution in [1.82, 2.24) is 14.4 Å². The lowest BCUT2D eigenvalue weighted by Gasteiger charge is -2.05. The molecule has 22 heavy (non-hydrogen) atoms. The van der Waals surface area contributed by atoms with Gasteiger partial charge in [0.25, 0.3) is 0 Å². The number of thiophene rings is 1. The fraction of sp³-hybridized carbons (Fsp3) is 0. The molecule has 6 heteroatoms. The molecule has 0 aliphatic heterocycles. The molecule has 0 atom stereocenters. The van der Waals surface area contributed by atoms with Crippen LogP contribution in [0.2, 0.25) is 0 Å². The molecule has 110 valence electrons. The van der Waals surface area contributed by atoms with Gasteiger partial charge in [0, 0.05) is 23.9 Å². The van der Waals surface area contributed by atoms with E-state index in [0.717, 1.165) is 21.4 Å². The largest absolute Gasteiger partial charge is 0.506 e. The van der Waals surface area contributed by atoms with E-state index in [1.54, 1.807) is 12.3 Å². The van der Waals surface area contributed by atoms with Crippen LogP contribution < -0.4 is 0 Å². The van der Waals surface area contributed by atoms with E-state index in [0.29, 0.717) is 5.82 Å². The Hall–Kier alpha value is -2.37. The van der Waals surface area contributed by atoms with Crippen molar-refractivity contribution in [1.29, 1.82) is 0 Å². The zero-order valence-corrected chi connectivity index (χ0v) is 13.0. The molecule has 3 heterocycles. The minimum atomic E-state index is 0. The van der Waals surface area contributed by atoms with Gasteiger partial charge in [-0.2, -0.15) is 0 Å². The van der Waals surface area contributed by atoms with E-state index < -0.39 is 0 Å². The highest BCUT2D eigenvalue weighted by Gasteiger charge is 2.08. The smallest absolute Gasteiger partial charge is 0.147 e. The molecule has 0 saturated heterocycles. The Morgan fingerprint density at radius 3 is 2.86 bits per heavy atom. The van der Waals surface area contributed by atoms with Crippen molar-refractivity contribution in [2.75, 3.05) is 0 Å². The molecule has 0 radical (unpaired) electrons. The molecule has 0 aliphatic carbocycles. The van der Waals surface area contributed by atoms with Crippen molar-refractivity contribution in [2.24, 2.45) is 0 Å². The second-order valence-corrected chi connectivity index (χ2v) is 5.56. The molecule has 4 rings (SSSR count). The van der Waals surface area contributed by atoms with Gasteiger partial charge < -0.3 is 5.11 Å². The van der Waals surface area contributed by atoms with E-state index in [2.05, 4.69) is 9.97 Å². The van der Waals surface area contributed by atoms with Crippen LogP contribution in [0.5, 0.6) is 0 Å². The van der Waals surface area contributed by atoms with Gasteiger partial charge in [-0.25, -0.2) is 9.97 Å². The summed E-state index contributed by atoms with van der Waals surface area (Å²) in [5.74, 6) is 0.870. The topological polar surface area (TPSA) is 50.4 Å². The van der Waals surface area contributed by atoms with Gasteiger partial charge in [-0.15, -0.1) is 23.7 Å². The highest BCUT2D eigenvalue weighted by molar-refractivity contribution is 7.11. The van der Waals surface area contributed by atoms with Crippen LogP contribution in [0.15, 0.2) is 54.2 Å². The Kier molecular flexibility index (Phi) is 3.83. The van der Waals surface area contributed by atoms with Crippen LogP contribution in [0, 0.1) is 0 Å². The van der Waals surface area contributed by atoms with E-state index in [-0.39, 0.29) is 18.2 Å². The fourth-order valence-electron chi connectivity index (χ4n) is 2.34. The third kappa shape index (κ3) is 2.34. The number of hydrogen-bond acceptors (Lipinski definition) is 4. The second kappa shape index (κ2) is 5.79. The van der Waals surface area contributed by atoms with Gasteiger partial charge in [-0.1, -0.05) is 18.2 Å². The summed E-state index contributed by atoms with van der Waals surface area (Å²) in [6, 6.07) is 11.6. The van der Waals surface area contributed by atoms with Gasteiger partial charge in [-0.05, 0) is 23.6 Å². The van der Waals surface area contributed by atoms with E-state index in [4.69, 9.17) is 0 Å². The van der Waals surface area contributed by atoms with Crippen molar-refractivity contribution in [3.05, 3.63) is 64.9 Å². The van der Waals surface area contributed by atoms with Crippen LogP contribution in [0.4, 0.5) is 0 Å². The quantitative estimate of drug-likeness (QED) is 0.554. The van der Waals surface area contributed by atoms with Crippen LogP contribution >= 0.6 is 23.7 Å². The Labute approximate surface area is 136 Å². The molecule has 4 nitrogen and oxygen atoms in total. The van der Waals surface area contributed by atoms with Gasteiger partial charge in [-0.3, -0.25) is 4.40 Å². The number of para-hydroxylation sites is 1. The number of imidazole rings is 1. The molecule has 0 saturated carbocycles. The predicted molar refractivity (Wildman–Crippen MR) is 92.6 cm³/mol. The van der Waals surface area contributed by atoms with Crippen LogP contribution in [-0.2, 0) is 0 Å². The first-order valence-electron chi connectivity index (χ1n) is 6.49. The minimum Gasteiger partial charge on any atom is -0.506 e. The summed E-state index contributed by atoms with van der Waals surface area (Å²) in [4.78, 5) is 9.83. The first-order chi connectivity index (χ1) is 10.3. The molecule has 3 aromatic heterocycles. The number of aliphatic hydroxyl groups excluding tert-OH is 1. The highest BCUT2D eigenvalue weighted by atomic mass is 35.5. The van der Waals surface area contributed by atoms with Gasteiger partial charge in [0.15, 0.2) is 0 Å². The van der Waals surface area contributed by atoms with Crippen LogP contribution in [0.25, 0.3) is 28.4 Å². The molecular formula is C16H12ClN3OS. The summed E-state index contributed by atoms with van der Waals surface area (Å²) in [6.45, 7) is 0. The normalized spacial score (nSPS) is 11.7. The highest BCUT2D eigenvalue weighted by Crippen LogP contribution is 2.23. The van der Waals surface area contributed by atoms with Gasteiger partial charge in [0.1, 0.15) is 17.2 Å². The molecular weight excluding hydrogens is 318 g/mol. The molecule has 0 unspecified atom stereocenters. The van der Waals surface area contributed by atoms with Crippen molar-refractivity contribution in [3.63, 3.8) is 0 Å². The van der Waals surface area contributed by atoms with E-state index >= 15 is 0 Å². The summed E-state index contributed by atoms with van der Waals surface area (Å²) in [5.41, 5.74) is 1.70. The minimum absolute atomic E-state index is 0. The zero-order valence-electron chi connectivity index (χ0n) is 11.4. The summed E-state index contributed by atoms with van der Waals surface area (Å²) in [5, 5.41) is 13.2. The fourth-order valence-corrected chi connectivity index (χ4v) is 2.99. The molecule has 4 aromatic rings. The lowest BCUT2D eigenvalue weighted by atomic mass is 10.2. The number of halogens is 1. The first-order valence-corrected chi connectivity index (χ1v) is 7.37. The average molecular weight is 330 g/mol. The molecule has 0 spiro atoms. The summed E-state index contributed by atoms with van der Waals surface area (Å²) in [7, 11) is 0. The van der Waals surface area contributed by atoms with E-state index in [1.165, 1.54) is 11.3 Å². The molecule has 0 fully saturated rings. The number of nitrogens with zero attached hydrogens (tertiary/aromatic N) is 3. The monoisotopic (exact) mass is 329 g/mol. The molecule has 1 aromatic carbocycles. The molecule has 0 amide bonds. The summed E-state index contributed by atoms with van der Waals surface area (Å²) in [6.07, 6.45) is 5.26. The van der Waals surface area contributed by atoms with Crippen LogP contribution in [0.3, 0.4) is 0 Å². The Morgan fingerprint density at radius 2 is 2.05 bits per heavy atom. The average Bonchev–Trinajstić information content (AvgIpc) is 3.19. The van der Waals surface area contributed by atoms with Gasteiger partial charge >= 0.3 is 0 Å². The maximum atomic E-state index is 10.2. The van der Waals surface area contributed by atoms with Crippen molar-refractivity contribution in [3.8, 4) is 0 Å². The predicted octanol–water partition coefficient (Wildman–Crippen LogP) is 4.42. The SMILES string of the molecule is Cl.OC(=Cc1nc2ccccc2c2nccn12)c1cccs1. The second-order valence-electron chi connectivity index (χ2n) is 4.61. The van der Waals surface area contributed by atoms with Crippen LogP contribution in [0.1, 0.15) is 10.7 Å². The lowest BCUT2D eigenvalue weighted by Crippen LogP contribution is -1.97. The third-order valence-corrected chi connectivity index (χ3v) is 4.20. The maximum Gasteiger partial charge on any atom is 0.147 e. The van der Waals surface area contributed by atoms with E-state index in [1.807, 2.05) is 52.4 Å². The molecule has 0 bridgehead atoms. The Morgan fingerprint density at radius 1 is 1.18 bits per heavy atom. The van der Waals surface area contributed by atoms with Gasteiger partial charge in [0.2, 0.25) is 0 Å². The van der Waals surface area contributed by atoms with Crippen molar-refractivity contribution >= 4 is 52.1 Å². The molecule has 0 aliphatic rings. The standard InChI is InChI=1S/C16H11N3OS.ClH/c20-13(14-6-3-9-21-14)10-15-18-12-5-2-1-4-11(12)16-17-7-8-19(15)16;/h1-10,20H;1H. The zero-order chi connectivity index (χ0) is 14.2. The molecule has 1 N–H and O–H groups in total. The Bertz CT molecular complexity index is 960. The number of benzene rings is 1. The summed E-state index contributed by atoms with van der Waals surface area (Å²) >= 11 is 1.49. The lowest BCUT2D eigenvalue weighted by molar-refractivity contribution is 0.517. The Balaban J connectivity index is 0.00000144. The van der Waals surface area contributed by atoms with Gasteiger partial charge in [0.05, 0.1) is 10.4 Å². The number of hydrogen-bond donors (Lipinski definition) is 1.